The summed E-state index contributed by atoms with van der Waals surface area (Å²) in [5, 5.41) is 4.03. The van der Waals surface area contributed by atoms with Crippen LogP contribution in [0.4, 0.5) is 0 Å². The summed E-state index contributed by atoms with van der Waals surface area (Å²) in [5.74, 6) is 0.524. The number of aromatic nitrogens is 4. The monoisotopic (exact) mass is 190 g/mol. The average Bonchev–Trinajstić information content (AvgIpc) is 2.63. The molecule has 2 aromatic rings. The van der Waals surface area contributed by atoms with Crippen molar-refractivity contribution in [2.45, 2.75) is 6.61 Å². The van der Waals surface area contributed by atoms with Gasteiger partial charge in [-0.05, 0) is 0 Å². The highest BCUT2D eigenvalue weighted by atomic mass is 16.5. The minimum Gasteiger partial charge on any atom is -0.472 e. The highest BCUT2D eigenvalue weighted by Gasteiger charge is 1.98. The molecule has 72 valence electrons. The molecule has 0 saturated heterocycles. The summed E-state index contributed by atoms with van der Waals surface area (Å²) in [6.45, 7) is 0.465. The van der Waals surface area contributed by atoms with Crippen LogP contribution < -0.4 is 4.74 Å². The third-order valence-electron chi connectivity index (χ3n) is 1.68. The third-order valence-corrected chi connectivity index (χ3v) is 1.68. The van der Waals surface area contributed by atoms with E-state index in [1.165, 1.54) is 0 Å². The van der Waals surface area contributed by atoms with Crippen molar-refractivity contribution in [1.29, 1.82) is 0 Å². The molecule has 0 amide bonds. The quantitative estimate of drug-likeness (QED) is 0.718. The number of nitrogens with zero attached hydrogens (tertiary/aromatic N) is 4. The Morgan fingerprint density at radius 2 is 2.29 bits per heavy atom. The van der Waals surface area contributed by atoms with Crippen LogP contribution in [-0.4, -0.2) is 19.7 Å². The molecule has 0 fully saturated rings. The van der Waals surface area contributed by atoms with Gasteiger partial charge in [0.1, 0.15) is 6.61 Å². The molecule has 0 N–H and O–H groups in total. The first-order valence-electron chi connectivity index (χ1n) is 4.21. The molecule has 2 rings (SSSR count). The predicted molar refractivity (Wildman–Crippen MR) is 49.6 cm³/mol. The molecule has 5 heteroatoms. The second kappa shape index (κ2) is 3.87. The van der Waals surface area contributed by atoms with Crippen molar-refractivity contribution >= 4 is 0 Å². The largest absolute Gasteiger partial charge is 0.472 e. The van der Waals surface area contributed by atoms with Gasteiger partial charge in [0.05, 0.1) is 12.4 Å². The smallest absolute Gasteiger partial charge is 0.232 e. The first kappa shape index (κ1) is 8.68. The average molecular weight is 190 g/mol. The molecule has 0 radical (unpaired) electrons. The molecular weight excluding hydrogens is 180 g/mol. The predicted octanol–water partition coefficient (Wildman–Crippen LogP) is 0.789. The van der Waals surface area contributed by atoms with Gasteiger partial charge < -0.3 is 4.74 Å². The van der Waals surface area contributed by atoms with Crippen molar-refractivity contribution in [2.24, 2.45) is 7.05 Å². The van der Waals surface area contributed by atoms with Gasteiger partial charge in [-0.3, -0.25) is 9.67 Å². The second-order valence-corrected chi connectivity index (χ2v) is 2.85. The third kappa shape index (κ3) is 2.07. The fraction of sp³-hybridized carbons (Fsp3) is 0.222. The SMILES string of the molecule is Cn1cc(COc2cnccn2)cn1. The maximum Gasteiger partial charge on any atom is 0.232 e. The van der Waals surface area contributed by atoms with E-state index in [4.69, 9.17) is 4.74 Å². The Hall–Kier alpha value is -1.91. The van der Waals surface area contributed by atoms with Gasteiger partial charge in [-0.2, -0.15) is 5.10 Å². The molecule has 0 unspecified atom stereocenters. The van der Waals surface area contributed by atoms with Crippen molar-refractivity contribution in [3.05, 3.63) is 36.5 Å². The lowest BCUT2D eigenvalue weighted by molar-refractivity contribution is 0.292. The lowest BCUT2D eigenvalue weighted by Crippen LogP contribution is -1.96. The summed E-state index contributed by atoms with van der Waals surface area (Å²) in [4.78, 5) is 7.88. The molecule has 14 heavy (non-hydrogen) atoms. The van der Waals surface area contributed by atoms with Crippen LogP contribution in [0.3, 0.4) is 0 Å². The van der Waals surface area contributed by atoms with Crippen molar-refractivity contribution in [2.75, 3.05) is 0 Å². The molecular formula is C9H10N4O. The Labute approximate surface area is 81.4 Å². The Balaban J connectivity index is 1.95. The summed E-state index contributed by atoms with van der Waals surface area (Å²) < 4.78 is 7.11. The zero-order chi connectivity index (χ0) is 9.80. The molecule has 0 aromatic carbocycles. The molecule has 0 aliphatic heterocycles. The number of rotatable bonds is 3. The molecule has 5 nitrogen and oxygen atoms in total. The molecule has 0 atom stereocenters. The fourth-order valence-corrected chi connectivity index (χ4v) is 1.06. The van der Waals surface area contributed by atoms with Crippen LogP contribution in [-0.2, 0) is 13.7 Å². The van der Waals surface area contributed by atoms with Gasteiger partial charge in [0.15, 0.2) is 0 Å². The Kier molecular flexibility index (Phi) is 2.40. The standard InChI is InChI=1S/C9H10N4O/c1-13-6-8(4-12-13)7-14-9-5-10-2-3-11-9/h2-6H,7H2,1H3. The van der Waals surface area contributed by atoms with E-state index in [9.17, 15) is 0 Å². The normalized spacial score (nSPS) is 10.1. The first-order valence-corrected chi connectivity index (χ1v) is 4.21. The molecule has 0 saturated carbocycles. The van der Waals surface area contributed by atoms with Crippen LogP contribution in [0, 0.1) is 0 Å². The van der Waals surface area contributed by atoms with E-state index < -0.39 is 0 Å². The molecule has 2 aromatic heterocycles. The Bertz CT molecular complexity index is 398. The fourth-order valence-electron chi connectivity index (χ4n) is 1.06. The van der Waals surface area contributed by atoms with Gasteiger partial charge in [0.2, 0.25) is 5.88 Å². The van der Waals surface area contributed by atoms with Crippen LogP contribution in [0.1, 0.15) is 5.56 Å². The van der Waals surface area contributed by atoms with Crippen LogP contribution in [0.2, 0.25) is 0 Å². The summed E-state index contributed by atoms with van der Waals surface area (Å²) in [6.07, 6.45) is 8.44. The lowest BCUT2D eigenvalue weighted by atomic mass is 10.4. The molecule has 0 spiro atoms. The van der Waals surface area contributed by atoms with E-state index in [0.29, 0.717) is 12.5 Å². The van der Waals surface area contributed by atoms with Gasteiger partial charge in [-0.15, -0.1) is 0 Å². The van der Waals surface area contributed by atoms with Gasteiger partial charge in [-0.1, -0.05) is 0 Å². The highest BCUT2D eigenvalue weighted by Crippen LogP contribution is 2.05. The number of hydrogen-bond donors (Lipinski definition) is 0. The van der Waals surface area contributed by atoms with Crippen LogP contribution in [0.5, 0.6) is 5.88 Å². The van der Waals surface area contributed by atoms with Gasteiger partial charge in [-0.25, -0.2) is 4.98 Å². The summed E-state index contributed by atoms with van der Waals surface area (Å²) in [5.41, 5.74) is 1.01. The van der Waals surface area contributed by atoms with Crippen LogP contribution in [0.15, 0.2) is 31.0 Å². The first-order chi connectivity index (χ1) is 6.84. The highest BCUT2D eigenvalue weighted by molar-refractivity contribution is 5.06. The van der Waals surface area contributed by atoms with Crippen LogP contribution in [0.25, 0.3) is 0 Å². The van der Waals surface area contributed by atoms with E-state index >= 15 is 0 Å². The van der Waals surface area contributed by atoms with E-state index in [1.807, 2.05) is 13.2 Å². The molecule has 0 bridgehead atoms. The summed E-state index contributed by atoms with van der Waals surface area (Å²) in [7, 11) is 1.87. The summed E-state index contributed by atoms with van der Waals surface area (Å²) >= 11 is 0. The van der Waals surface area contributed by atoms with Gasteiger partial charge in [0, 0.05) is 31.2 Å². The van der Waals surface area contributed by atoms with E-state index in [-0.39, 0.29) is 0 Å². The van der Waals surface area contributed by atoms with Gasteiger partial charge in [0.25, 0.3) is 0 Å². The number of ether oxygens (including phenoxy) is 1. The topological polar surface area (TPSA) is 52.8 Å². The Morgan fingerprint density at radius 1 is 1.36 bits per heavy atom. The minimum atomic E-state index is 0.465. The number of hydrogen-bond acceptors (Lipinski definition) is 4. The van der Waals surface area contributed by atoms with Crippen molar-refractivity contribution < 1.29 is 4.74 Å². The van der Waals surface area contributed by atoms with E-state index in [0.717, 1.165) is 5.56 Å². The van der Waals surface area contributed by atoms with E-state index in [2.05, 4.69) is 15.1 Å². The van der Waals surface area contributed by atoms with Crippen molar-refractivity contribution in [1.82, 2.24) is 19.7 Å². The maximum absolute atomic E-state index is 5.38. The lowest BCUT2D eigenvalue weighted by Gasteiger charge is -2.00. The minimum absolute atomic E-state index is 0.465. The zero-order valence-electron chi connectivity index (χ0n) is 7.79. The molecule has 2 heterocycles. The van der Waals surface area contributed by atoms with Crippen molar-refractivity contribution in [3.8, 4) is 5.88 Å². The molecule has 0 aliphatic rings. The van der Waals surface area contributed by atoms with Crippen LogP contribution >= 0.6 is 0 Å². The van der Waals surface area contributed by atoms with Gasteiger partial charge >= 0.3 is 0 Å². The number of aryl methyl sites for hydroxylation is 1. The zero-order valence-corrected chi connectivity index (χ0v) is 7.79. The molecule has 0 aliphatic carbocycles. The Morgan fingerprint density at radius 3 is 2.93 bits per heavy atom. The maximum atomic E-state index is 5.38. The summed E-state index contributed by atoms with van der Waals surface area (Å²) in [6, 6.07) is 0. The second-order valence-electron chi connectivity index (χ2n) is 2.85. The van der Waals surface area contributed by atoms with Crippen molar-refractivity contribution in [3.63, 3.8) is 0 Å². The van der Waals surface area contributed by atoms with E-state index in [1.54, 1.807) is 29.5 Å².